The summed E-state index contributed by atoms with van der Waals surface area (Å²) in [5, 5.41) is 0. The second-order valence-corrected chi connectivity index (χ2v) is 8.77. The summed E-state index contributed by atoms with van der Waals surface area (Å²) in [6, 6.07) is 3.79. The molecule has 1 aromatic rings. The highest BCUT2D eigenvalue weighted by Gasteiger charge is 2.56. The van der Waals surface area contributed by atoms with Crippen molar-refractivity contribution in [1.29, 1.82) is 0 Å². The van der Waals surface area contributed by atoms with E-state index in [1.165, 1.54) is 13.8 Å². The average Bonchev–Trinajstić information content (AvgIpc) is 2.98. The van der Waals surface area contributed by atoms with Gasteiger partial charge in [0.2, 0.25) is 0 Å². The minimum Gasteiger partial charge on any atom is -0.493 e. The molecule has 1 heterocycles. The monoisotopic (exact) mass is 402 g/mol. The van der Waals surface area contributed by atoms with Crippen molar-refractivity contribution in [3.63, 3.8) is 0 Å². The first-order valence-electron chi connectivity index (χ1n) is 10.6. The Hall–Kier alpha value is -2.24. The molecule has 2 saturated carbocycles. The van der Waals surface area contributed by atoms with Crippen LogP contribution in [0.25, 0.3) is 0 Å². The average molecular weight is 402 g/mol. The van der Waals surface area contributed by atoms with Crippen LogP contribution in [0.1, 0.15) is 64.9 Å². The molecule has 6 nitrogen and oxygen atoms in total. The van der Waals surface area contributed by atoms with Gasteiger partial charge in [0.25, 0.3) is 0 Å². The number of carbonyl (C=O) groups excluding carboxylic acids is 2. The fraction of sp³-hybridized carbons (Fsp3) is 0.652. The van der Waals surface area contributed by atoms with Crippen molar-refractivity contribution in [2.24, 2.45) is 17.3 Å². The smallest absolute Gasteiger partial charge is 0.308 e. The molecule has 4 rings (SSSR count). The Morgan fingerprint density at radius 1 is 1.14 bits per heavy atom. The molecular formula is C23H30O6. The number of fused-ring (bicyclic) bond motifs is 5. The largest absolute Gasteiger partial charge is 0.493 e. The lowest BCUT2D eigenvalue weighted by Gasteiger charge is -2.49. The van der Waals surface area contributed by atoms with E-state index in [4.69, 9.17) is 18.9 Å². The lowest BCUT2D eigenvalue weighted by molar-refractivity contribution is -0.155. The Morgan fingerprint density at radius 3 is 2.62 bits per heavy atom. The quantitative estimate of drug-likeness (QED) is 0.554. The van der Waals surface area contributed by atoms with Gasteiger partial charge in [-0.2, -0.15) is 0 Å². The Morgan fingerprint density at radius 2 is 1.93 bits per heavy atom. The summed E-state index contributed by atoms with van der Waals surface area (Å²) in [6.07, 6.45) is 4.01. The zero-order valence-corrected chi connectivity index (χ0v) is 17.7. The molecule has 0 bridgehead atoms. The minimum atomic E-state index is -0.379. The van der Waals surface area contributed by atoms with Crippen molar-refractivity contribution in [2.75, 3.05) is 13.2 Å². The fourth-order valence-electron chi connectivity index (χ4n) is 5.91. The molecule has 29 heavy (non-hydrogen) atoms. The van der Waals surface area contributed by atoms with Crippen molar-refractivity contribution in [3.05, 3.63) is 17.7 Å². The molecule has 0 N–H and O–H groups in total. The molecule has 5 atom stereocenters. The van der Waals surface area contributed by atoms with E-state index < -0.39 is 0 Å². The Balaban J connectivity index is 1.64. The van der Waals surface area contributed by atoms with E-state index >= 15 is 0 Å². The lowest BCUT2D eigenvalue weighted by Crippen LogP contribution is -2.46. The van der Waals surface area contributed by atoms with E-state index in [9.17, 15) is 9.59 Å². The summed E-state index contributed by atoms with van der Waals surface area (Å²) in [4.78, 5) is 23.1. The van der Waals surface area contributed by atoms with Crippen LogP contribution in [0.15, 0.2) is 12.1 Å². The zero-order chi connectivity index (χ0) is 20.8. The number of esters is 2. The molecule has 6 heteroatoms. The number of rotatable bonds is 4. The van der Waals surface area contributed by atoms with Gasteiger partial charge < -0.3 is 18.9 Å². The predicted octanol–water partition coefficient (Wildman–Crippen LogP) is 4.24. The van der Waals surface area contributed by atoms with Crippen molar-refractivity contribution in [3.8, 4) is 17.2 Å². The Labute approximate surface area is 171 Å². The highest BCUT2D eigenvalue weighted by Crippen LogP contribution is 2.61. The highest BCUT2D eigenvalue weighted by molar-refractivity contribution is 5.71. The highest BCUT2D eigenvalue weighted by atomic mass is 16.6. The molecule has 2 aliphatic carbocycles. The summed E-state index contributed by atoms with van der Waals surface area (Å²) in [5.41, 5.74) is 1.15. The van der Waals surface area contributed by atoms with Crippen molar-refractivity contribution in [2.45, 2.75) is 65.4 Å². The van der Waals surface area contributed by atoms with Crippen LogP contribution in [-0.2, 0) is 14.3 Å². The lowest BCUT2D eigenvalue weighted by atomic mass is 9.58. The first-order chi connectivity index (χ1) is 13.8. The van der Waals surface area contributed by atoms with Gasteiger partial charge >= 0.3 is 11.9 Å². The molecule has 158 valence electrons. The van der Waals surface area contributed by atoms with Crippen LogP contribution in [0.4, 0.5) is 0 Å². The van der Waals surface area contributed by atoms with Crippen LogP contribution in [0, 0.1) is 17.3 Å². The van der Waals surface area contributed by atoms with Crippen LogP contribution < -0.4 is 14.2 Å². The molecular weight excluding hydrogens is 372 g/mol. The third-order valence-electron chi connectivity index (χ3n) is 7.12. The topological polar surface area (TPSA) is 71.1 Å². The predicted molar refractivity (Wildman–Crippen MR) is 106 cm³/mol. The standard InChI is InChI=1S/C23H30O6/c1-5-26-20-10-16-15-8-9-23(4)18(6-7-22(23)29-14(3)25)17(15)12-27-19(16)11-21(20)28-13(2)24/h10-11,15,17-18,22H,5-9,12H2,1-4H3/t15-,17-,18+,22+,23+/m1/s1. The molecule has 2 fully saturated rings. The van der Waals surface area contributed by atoms with E-state index in [1.807, 2.05) is 13.0 Å². The fourth-order valence-corrected chi connectivity index (χ4v) is 5.91. The Kier molecular flexibility index (Phi) is 5.21. The normalized spacial score (nSPS) is 32.3. The van der Waals surface area contributed by atoms with E-state index in [2.05, 4.69) is 6.92 Å². The maximum Gasteiger partial charge on any atom is 0.308 e. The minimum absolute atomic E-state index is 0.00215. The molecule has 0 saturated heterocycles. The second kappa shape index (κ2) is 7.54. The van der Waals surface area contributed by atoms with Gasteiger partial charge in [0, 0.05) is 36.8 Å². The Bertz CT molecular complexity index is 818. The summed E-state index contributed by atoms with van der Waals surface area (Å²) >= 11 is 0. The summed E-state index contributed by atoms with van der Waals surface area (Å²) in [5.74, 6) is 2.43. The molecule has 3 aliphatic rings. The van der Waals surface area contributed by atoms with Crippen LogP contribution in [0.3, 0.4) is 0 Å². The van der Waals surface area contributed by atoms with Crippen LogP contribution in [0.5, 0.6) is 17.2 Å². The molecule has 0 amide bonds. The molecule has 1 aliphatic heterocycles. The third-order valence-corrected chi connectivity index (χ3v) is 7.12. The maximum absolute atomic E-state index is 11.6. The van der Waals surface area contributed by atoms with E-state index in [0.29, 0.717) is 42.5 Å². The van der Waals surface area contributed by atoms with Crippen LogP contribution in [0.2, 0.25) is 0 Å². The number of hydrogen-bond donors (Lipinski definition) is 0. The first-order valence-corrected chi connectivity index (χ1v) is 10.6. The van der Waals surface area contributed by atoms with Crippen molar-refractivity contribution in [1.82, 2.24) is 0 Å². The summed E-state index contributed by atoms with van der Waals surface area (Å²) in [7, 11) is 0. The van der Waals surface area contributed by atoms with Crippen LogP contribution >= 0.6 is 0 Å². The molecule has 1 aromatic carbocycles. The first kappa shape index (κ1) is 20.0. The van der Waals surface area contributed by atoms with Gasteiger partial charge in [0.1, 0.15) is 11.9 Å². The van der Waals surface area contributed by atoms with Gasteiger partial charge in [-0.15, -0.1) is 0 Å². The zero-order valence-electron chi connectivity index (χ0n) is 17.7. The number of carbonyl (C=O) groups is 2. The van der Waals surface area contributed by atoms with E-state index in [1.54, 1.807) is 6.07 Å². The van der Waals surface area contributed by atoms with Gasteiger partial charge in [-0.05, 0) is 50.5 Å². The number of benzene rings is 1. The van der Waals surface area contributed by atoms with Gasteiger partial charge in [0.05, 0.1) is 13.2 Å². The van der Waals surface area contributed by atoms with Gasteiger partial charge in [-0.3, -0.25) is 9.59 Å². The van der Waals surface area contributed by atoms with Crippen LogP contribution in [-0.4, -0.2) is 31.3 Å². The van der Waals surface area contributed by atoms with E-state index in [-0.39, 0.29) is 23.5 Å². The van der Waals surface area contributed by atoms with Gasteiger partial charge in [-0.1, -0.05) is 6.92 Å². The van der Waals surface area contributed by atoms with Gasteiger partial charge in [-0.25, -0.2) is 0 Å². The number of ether oxygens (including phenoxy) is 4. The molecule has 0 unspecified atom stereocenters. The maximum atomic E-state index is 11.6. The third kappa shape index (κ3) is 3.47. The van der Waals surface area contributed by atoms with E-state index in [0.717, 1.165) is 37.0 Å². The molecule has 0 radical (unpaired) electrons. The van der Waals surface area contributed by atoms with Crippen molar-refractivity contribution >= 4 is 11.9 Å². The molecule has 0 aromatic heterocycles. The van der Waals surface area contributed by atoms with Crippen molar-refractivity contribution < 1.29 is 28.5 Å². The summed E-state index contributed by atoms with van der Waals surface area (Å²) < 4.78 is 23.0. The number of hydrogen-bond acceptors (Lipinski definition) is 6. The van der Waals surface area contributed by atoms with Gasteiger partial charge in [0.15, 0.2) is 11.5 Å². The SMILES string of the molecule is CCOc1cc2c(cc1OC(C)=O)OC[C@@H]1[C@@H]2CC[C@]2(C)[C@@H](OC(C)=O)CC[C@@H]12. The molecule has 0 spiro atoms. The summed E-state index contributed by atoms with van der Waals surface area (Å²) in [6.45, 7) is 8.20. The second-order valence-electron chi connectivity index (χ2n) is 8.77.